The molecule has 0 bridgehead atoms. The van der Waals surface area contributed by atoms with Crippen LogP contribution in [0.5, 0.6) is 0 Å². The number of hydrogen-bond acceptors (Lipinski definition) is 4. The Labute approximate surface area is 96.3 Å². The van der Waals surface area contributed by atoms with Crippen LogP contribution in [-0.2, 0) is 14.6 Å². The molecule has 0 radical (unpaired) electrons. The van der Waals surface area contributed by atoms with Crippen molar-refractivity contribution in [3.63, 3.8) is 0 Å². The minimum absolute atomic E-state index is 0.206. The Bertz CT molecular complexity index is 331. The minimum atomic E-state index is -2.91. The van der Waals surface area contributed by atoms with E-state index in [2.05, 4.69) is 0 Å². The van der Waals surface area contributed by atoms with Gasteiger partial charge in [0.15, 0.2) is 9.84 Å². The molecule has 1 saturated carbocycles. The molecule has 6 heteroatoms. The maximum Gasteiger partial charge on any atom is 0.404 e. The van der Waals surface area contributed by atoms with Gasteiger partial charge in [0, 0.05) is 5.75 Å². The molecular formula is C10H19NO4S. The van der Waals surface area contributed by atoms with Gasteiger partial charge in [-0.3, -0.25) is 0 Å². The molecule has 1 fully saturated rings. The zero-order valence-electron chi connectivity index (χ0n) is 9.52. The van der Waals surface area contributed by atoms with Gasteiger partial charge in [0.1, 0.15) is 0 Å². The summed E-state index contributed by atoms with van der Waals surface area (Å²) in [4.78, 5) is 10.4. The molecule has 1 rings (SSSR count). The van der Waals surface area contributed by atoms with Gasteiger partial charge in [0.25, 0.3) is 0 Å². The molecule has 94 valence electrons. The van der Waals surface area contributed by atoms with Crippen molar-refractivity contribution in [2.45, 2.75) is 37.9 Å². The Balaban J connectivity index is 2.37. The first kappa shape index (κ1) is 13.3. The highest BCUT2D eigenvalue weighted by Gasteiger charge is 2.29. The van der Waals surface area contributed by atoms with Crippen LogP contribution in [0.3, 0.4) is 0 Å². The van der Waals surface area contributed by atoms with E-state index < -0.39 is 15.9 Å². The van der Waals surface area contributed by atoms with E-state index in [1.807, 2.05) is 0 Å². The molecule has 16 heavy (non-hydrogen) atoms. The number of ether oxygens (including phenoxy) is 1. The molecule has 0 aromatic heterocycles. The van der Waals surface area contributed by atoms with Gasteiger partial charge < -0.3 is 10.5 Å². The van der Waals surface area contributed by atoms with E-state index in [1.54, 1.807) is 6.92 Å². The summed E-state index contributed by atoms with van der Waals surface area (Å²) < 4.78 is 28.0. The van der Waals surface area contributed by atoms with E-state index >= 15 is 0 Å². The van der Waals surface area contributed by atoms with E-state index in [0.717, 1.165) is 12.8 Å². The smallest absolute Gasteiger partial charge is 0.404 e. The fourth-order valence-corrected chi connectivity index (χ4v) is 3.56. The van der Waals surface area contributed by atoms with Gasteiger partial charge in [-0.25, -0.2) is 13.2 Å². The van der Waals surface area contributed by atoms with Gasteiger partial charge in [-0.15, -0.1) is 0 Å². The molecule has 0 unspecified atom stereocenters. The summed E-state index contributed by atoms with van der Waals surface area (Å²) in [5, 5.41) is -0.206. The average molecular weight is 249 g/mol. The molecule has 5 nitrogen and oxygen atoms in total. The van der Waals surface area contributed by atoms with Gasteiger partial charge in [-0.2, -0.15) is 0 Å². The van der Waals surface area contributed by atoms with Crippen molar-refractivity contribution in [2.75, 3.05) is 12.4 Å². The number of rotatable bonds is 4. The summed E-state index contributed by atoms with van der Waals surface area (Å²) in [5.74, 6) is 0.468. The minimum Gasteiger partial charge on any atom is -0.449 e. The number of carbonyl (C=O) groups is 1. The highest BCUT2D eigenvalue weighted by Crippen LogP contribution is 2.28. The fraction of sp³-hybridized carbons (Fsp3) is 0.900. The Morgan fingerprint density at radius 2 is 1.88 bits per heavy atom. The lowest BCUT2D eigenvalue weighted by Gasteiger charge is -2.27. The lowest BCUT2D eigenvalue weighted by molar-refractivity contribution is 0.125. The van der Waals surface area contributed by atoms with E-state index in [1.165, 1.54) is 0 Å². The molecule has 0 spiro atoms. The van der Waals surface area contributed by atoms with Crippen LogP contribution in [-0.4, -0.2) is 32.1 Å². The average Bonchev–Trinajstić information content (AvgIpc) is 2.27. The molecular weight excluding hydrogens is 230 g/mol. The van der Waals surface area contributed by atoms with Crippen molar-refractivity contribution in [1.29, 1.82) is 0 Å². The standard InChI is InChI=1S/C10H19NO4S/c1-2-16(13,14)9-5-3-8(4-6-9)7-15-10(11)12/h8-9H,2-7H2,1H3,(H2,11,12)/t8-,9-. The summed E-state index contributed by atoms with van der Waals surface area (Å²) in [6.07, 6.45) is 2.16. The summed E-state index contributed by atoms with van der Waals surface area (Å²) in [6, 6.07) is 0. The van der Waals surface area contributed by atoms with Crippen LogP contribution < -0.4 is 5.73 Å². The summed E-state index contributed by atoms with van der Waals surface area (Å²) in [5.41, 5.74) is 4.87. The van der Waals surface area contributed by atoms with Gasteiger partial charge in [-0.1, -0.05) is 6.92 Å². The third-order valence-corrected chi connectivity index (χ3v) is 5.46. The highest BCUT2D eigenvalue weighted by molar-refractivity contribution is 7.92. The monoisotopic (exact) mass is 249 g/mol. The molecule has 1 amide bonds. The summed E-state index contributed by atoms with van der Waals surface area (Å²) in [6.45, 7) is 1.99. The Hall–Kier alpha value is -0.780. The maximum absolute atomic E-state index is 11.6. The molecule has 1 aliphatic carbocycles. The number of hydrogen-bond donors (Lipinski definition) is 1. The maximum atomic E-state index is 11.6. The third-order valence-electron chi connectivity index (χ3n) is 3.17. The van der Waals surface area contributed by atoms with Gasteiger partial charge >= 0.3 is 6.09 Å². The molecule has 0 aliphatic heterocycles. The van der Waals surface area contributed by atoms with Crippen LogP contribution >= 0.6 is 0 Å². The molecule has 0 heterocycles. The van der Waals surface area contributed by atoms with Gasteiger partial charge in [-0.05, 0) is 31.6 Å². The molecule has 2 N–H and O–H groups in total. The summed E-state index contributed by atoms with van der Waals surface area (Å²) in [7, 11) is -2.91. The van der Waals surface area contributed by atoms with Gasteiger partial charge in [0.05, 0.1) is 11.9 Å². The molecule has 0 saturated heterocycles. The second kappa shape index (κ2) is 5.52. The van der Waals surface area contributed by atoms with Crippen molar-refractivity contribution in [3.8, 4) is 0 Å². The number of amides is 1. The lowest BCUT2D eigenvalue weighted by Crippen LogP contribution is -2.30. The van der Waals surface area contributed by atoms with Crippen LogP contribution in [0.4, 0.5) is 4.79 Å². The van der Waals surface area contributed by atoms with Crippen molar-refractivity contribution < 1.29 is 17.9 Å². The third kappa shape index (κ3) is 3.66. The van der Waals surface area contributed by atoms with Crippen LogP contribution in [0.2, 0.25) is 0 Å². The second-order valence-electron chi connectivity index (χ2n) is 4.22. The first-order chi connectivity index (χ1) is 7.45. The normalized spacial score (nSPS) is 26.3. The second-order valence-corrected chi connectivity index (χ2v) is 6.79. The number of sulfone groups is 1. The quantitative estimate of drug-likeness (QED) is 0.807. The largest absolute Gasteiger partial charge is 0.449 e. The number of primary amides is 1. The molecule has 0 aromatic rings. The number of carbonyl (C=O) groups excluding carboxylic acids is 1. The Kier molecular flexibility index (Phi) is 4.58. The van der Waals surface area contributed by atoms with E-state index in [4.69, 9.17) is 10.5 Å². The lowest BCUT2D eigenvalue weighted by atomic mass is 9.89. The first-order valence-electron chi connectivity index (χ1n) is 5.59. The van der Waals surface area contributed by atoms with Crippen LogP contribution in [0.25, 0.3) is 0 Å². The first-order valence-corrected chi connectivity index (χ1v) is 7.31. The SMILES string of the molecule is CCS(=O)(=O)[C@H]1CC[C@H](COC(N)=O)CC1. The van der Waals surface area contributed by atoms with Crippen LogP contribution in [0, 0.1) is 5.92 Å². The fourth-order valence-electron chi connectivity index (χ4n) is 2.09. The molecule has 0 aromatic carbocycles. The predicted molar refractivity (Wildman–Crippen MR) is 60.7 cm³/mol. The van der Waals surface area contributed by atoms with Crippen molar-refractivity contribution in [1.82, 2.24) is 0 Å². The predicted octanol–water partition coefficient (Wildman–Crippen LogP) is 1.08. The topological polar surface area (TPSA) is 86.5 Å². The summed E-state index contributed by atoms with van der Waals surface area (Å²) >= 11 is 0. The number of nitrogens with two attached hydrogens (primary N) is 1. The molecule has 1 aliphatic rings. The van der Waals surface area contributed by atoms with Gasteiger partial charge in [0.2, 0.25) is 0 Å². The van der Waals surface area contributed by atoms with E-state index in [9.17, 15) is 13.2 Å². The van der Waals surface area contributed by atoms with E-state index in [-0.39, 0.29) is 16.9 Å². The van der Waals surface area contributed by atoms with Crippen molar-refractivity contribution >= 4 is 15.9 Å². The molecule has 0 atom stereocenters. The Morgan fingerprint density at radius 3 is 2.31 bits per heavy atom. The van der Waals surface area contributed by atoms with Crippen LogP contribution in [0.15, 0.2) is 0 Å². The highest BCUT2D eigenvalue weighted by atomic mass is 32.2. The van der Waals surface area contributed by atoms with Crippen molar-refractivity contribution in [2.24, 2.45) is 11.7 Å². The Morgan fingerprint density at radius 1 is 1.31 bits per heavy atom. The van der Waals surface area contributed by atoms with Crippen LogP contribution in [0.1, 0.15) is 32.6 Å². The van der Waals surface area contributed by atoms with Crippen molar-refractivity contribution in [3.05, 3.63) is 0 Å². The zero-order valence-corrected chi connectivity index (χ0v) is 10.3. The zero-order chi connectivity index (χ0) is 12.2. The van der Waals surface area contributed by atoms with E-state index in [0.29, 0.717) is 19.4 Å².